The topological polar surface area (TPSA) is 6.48 Å². The van der Waals surface area contributed by atoms with E-state index in [4.69, 9.17) is 0 Å². The fourth-order valence-corrected chi connectivity index (χ4v) is 7.09. The Morgan fingerprint density at radius 2 is 1.08 bits per heavy atom. The minimum absolute atomic E-state index is 0.965. The highest BCUT2D eigenvalue weighted by Crippen LogP contribution is 2.42. The Labute approximate surface area is 303 Å². The lowest BCUT2D eigenvalue weighted by Crippen LogP contribution is -2.13. The quantitative estimate of drug-likeness (QED) is 0.136. The molecule has 0 N–H and O–H groups in total. The van der Waals surface area contributed by atoms with Crippen molar-refractivity contribution in [2.24, 2.45) is 0 Å². The normalized spacial score (nSPS) is 12.0. The van der Waals surface area contributed by atoms with E-state index in [0.29, 0.717) is 0 Å². The molecule has 0 amide bonds. The first-order valence-electron chi connectivity index (χ1n) is 17.9. The van der Waals surface area contributed by atoms with E-state index < -0.39 is 0 Å². The van der Waals surface area contributed by atoms with E-state index in [1.165, 1.54) is 39.1 Å². The minimum atomic E-state index is 0.965. The van der Waals surface area contributed by atoms with Crippen LogP contribution >= 0.6 is 0 Å². The maximum Gasteiger partial charge on any atom is 0.0536 e. The van der Waals surface area contributed by atoms with Crippen LogP contribution < -0.4 is 9.80 Å². The first kappa shape index (κ1) is 33.4. The predicted octanol–water partition coefficient (Wildman–Crippen LogP) is 14.1. The Morgan fingerprint density at radius 3 is 1.59 bits per heavy atom. The van der Waals surface area contributed by atoms with Crippen LogP contribution in [0, 0.1) is 0 Å². The summed E-state index contributed by atoms with van der Waals surface area (Å²) in [6.45, 7) is 12.2. The van der Waals surface area contributed by atoms with Crippen LogP contribution in [0.3, 0.4) is 0 Å². The number of anilines is 6. The van der Waals surface area contributed by atoms with Gasteiger partial charge in [-0.2, -0.15) is 0 Å². The second kappa shape index (κ2) is 15.2. The molecule has 6 aromatic rings. The van der Waals surface area contributed by atoms with Crippen LogP contribution in [0.15, 0.2) is 159 Å². The second-order valence-electron chi connectivity index (χ2n) is 12.9. The number of hydrogen-bond donors (Lipinski definition) is 0. The molecule has 0 heterocycles. The summed E-state index contributed by atoms with van der Waals surface area (Å²) in [4.78, 5) is 4.73. The summed E-state index contributed by atoms with van der Waals surface area (Å²) in [6, 6.07) is 48.4. The molecule has 6 aromatic carbocycles. The Hall–Kier alpha value is -6.12. The number of fused-ring (bicyclic) bond motifs is 1. The van der Waals surface area contributed by atoms with Crippen molar-refractivity contribution in [2.45, 2.75) is 33.1 Å². The van der Waals surface area contributed by atoms with Gasteiger partial charge in [0, 0.05) is 33.9 Å². The number of allylic oxidation sites excluding steroid dienone is 2. The summed E-state index contributed by atoms with van der Waals surface area (Å²) in [5.41, 5.74) is 16.6. The summed E-state index contributed by atoms with van der Waals surface area (Å²) < 4.78 is 0. The highest BCUT2D eigenvalue weighted by Gasteiger charge is 2.20. The molecule has 7 rings (SSSR count). The van der Waals surface area contributed by atoms with E-state index in [2.05, 4.69) is 195 Å². The minimum Gasteiger partial charge on any atom is -0.310 e. The van der Waals surface area contributed by atoms with Gasteiger partial charge in [-0.25, -0.2) is 0 Å². The maximum absolute atomic E-state index is 3.96. The number of nitrogens with zero attached hydrogens (tertiary/aromatic N) is 2. The van der Waals surface area contributed by atoms with Crippen LogP contribution in [-0.2, 0) is 12.8 Å². The van der Waals surface area contributed by atoms with Gasteiger partial charge >= 0.3 is 0 Å². The van der Waals surface area contributed by atoms with Crippen molar-refractivity contribution in [3.05, 3.63) is 192 Å². The van der Waals surface area contributed by atoms with Crippen molar-refractivity contribution < 1.29 is 0 Å². The van der Waals surface area contributed by atoms with Gasteiger partial charge in [0.1, 0.15) is 0 Å². The molecule has 0 radical (unpaired) electrons. The van der Waals surface area contributed by atoms with Crippen LogP contribution in [0.2, 0.25) is 0 Å². The van der Waals surface area contributed by atoms with E-state index in [9.17, 15) is 0 Å². The van der Waals surface area contributed by atoms with Crippen LogP contribution in [0.25, 0.3) is 35.4 Å². The van der Waals surface area contributed by atoms with Gasteiger partial charge in [-0.1, -0.05) is 129 Å². The Morgan fingerprint density at radius 1 is 0.588 bits per heavy atom. The third-order valence-corrected chi connectivity index (χ3v) is 9.77. The lowest BCUT2D eigenvalue weighted by molar-refractivity contribution is 0.984. The van der Waals surface area contributed by atoms with Gasteiger partial charge in [-0.3, -0.25) is 0 Å². The Bertz CT molecular complexity index is 2200. The van der Waals surface area contributed by atoms with Gasteiger partial charge in [0.15, 0.2) is 0 Å². The number of hydrogen-bond acceptors (Lipinski definition) is 2. The molecule has 1 aliphatic carbocycles. The molecule has 2 nitrogen and oxygen atoms in total. The van der Waals surface area contributed by atoms with E-state index in [1.807, 2.05) is 12.2 Å². The number of aryl methyl sites for hydroxylation is 2. The highest BCUT2D eigenvalue weighted by molar-refractivity contribution is 5.87. The van der Waals surface area contributed by atoms with Gasteiger partial charge < -0.3 is 9.80 Å². The fraction of sp³-hybridized carbons (Fsp3) is 0.102. The van der Waals surface area contributed by atoms with Crippen LogP contribution in [0.5, 0.6) is 0 Å². The van der Waals surface area contributed by atoms with Gasteiger partial charge in [0.25, 0.3) is 0 Å². The number of benzene rings is 6. The maximum atomic E-state index is 3.96. The third-order valence-electron chi connectivity index (χ3n) is 9.77. The molecule has 0 atom stereocenters. The summed E-state index contributed by atoms with van der Waals surface area (Å²) in [6.07, 6.45) is 15.8. The van der Waals surface area contributed by atoms with Crippen molar-refractivity contribution >= 4 is 58.4 Å². The average Bonchev–Trinajstić information content (AvgIpc) is 3.20. The van der Waals surface area contributed by atoms with Gasteiger partial charge in [-0.05, 0) is 120 Å². The van der Waals surface area contributed by atoms with Gasteiger partial charge in [0.05, 0.1) is 11.4 Å². The fourth-order valence-electron chi connectivity index (χ4n) is 7.09. The average molecular weight is 661 g/mol. The van der Waals surface area contributed by atoms with E-state index in [0.717, 1.165) is 58.8 Å². The van der Waals surface area contributed by atoms with Gasteiger partial charge in [0.2, 0.25) is 0 Å². The molecule has 2 heteroatoms. The molecule has 0 bridgehead atoms. The summed E-state index contributed by atoms with van der Waals surface area (Å²) >= 11 is 0. The van der Waals surface area contributed by atoms with E-state index >= 15 is 0 Å². The first-order chi connectivity index (χ1) is 25.1. The number of rotatable bonds is 11. The molecule has 0 spiro atoms. The molecule has 250 valence electrons. The zero-order valence-corrected chi connectivity index (χ0v) is 29.6. The molecule has 0 unspecified atom stereocenters. The molecule has 0 aromatic heterocycles. The molecule has 1 aliphatic rings. The smallest absolute Gasteiger partial charge is 0.0536 e. The monoisotopic (exact) mass is 660 g/mol. The summed E-state index contributed by atoms with van der Waals surface area (Å²) in [5, 5.41) is 0. The van der Waals surface area contributed by atoms with Crippen LogP contribution in [0.1, 0.15) is 53.6 Å². The standard InChI is InChI=1S/C49H44N2/c1-5-13-46-38(8-4)15-11-18-48(46)50(42-28-20-36(6-2)21-29-42)44-32-24-39(25-33-44)40-26-34-45(35-27-40)51(43-30-22-37(7-3)23-31-43)49-19-12-16-41-14-9-10-17-47(41)49/h5-7,10-13,15-35H,2-3,8-9,14H2,1,4H3/b13-5-. The SMILES string of the molecule is C=Cc1ccc(N(c2ccc(-c3ccc(N(c4ccc(C=C)cc4)c4cccc(CC)c4/C=C\C)cc3)cc2)c2cccc3c2C=CCC3)cc1. The zero-order valence-electron chi connectivity index (χ0n) is 29.6. The molecule has 0 saturated carbocycles. The summed E-state index contributed by atoms with van der Waals surface area (Å²) in [7, 11) is 0. The lowest BCUT2D eigenvalue weighted by Gasteiger charge is -2.29. The second-order valence-corrected chi connectivity index (χ2v) is 12.9. The lowest BCUT2D eigenvalue weighted by atomic mass is 9.95. The zero-order chi connectivity index (χ0) is 35.2. The third kappa shape index (κ3) is 6.87. The van der Waals surface area contributed by atoms with Gasteiger partial charge in [-0.15, -0.1) is 0 Å². The van der Waals surface area contributed by atoms with Crippen molar-refractivity contribution in [3.8, 4) is 11.1 Å². The molecule has 0 saturated heterocycles. The predicted molar refractivity (Wildman–Crippen MR) is 223 cm³/mol. The van der Waals surface area contributed by atoms with Crippen molar-refractivity contribution in [3.63, 3.8) is 0 Å². The molecule has 0 fully saturated rings. The van der Waals surface area contributed by atoms with Crippen molar-refractivity contribution in [1.29, 1.82) is 0 Å². The molecular weight excluding hydrogens is 617 g/mol. The molecular formula is C49H44N2. The Kier molecular flexibility index (Phi) is 9.94. The van der Waals surface area contributed by atoms with E-state index in [1.54, 1.807) is 0 Å². The Balaban J connectivity index is 1.26. The summed E-state index contributed by atoms with van der Waals surface area (Å²) in [5.74, 6) is 0. The van der Waals surface area contributed by atoms with Crippen molar-refractivity contribution in [2.75, 3.05) is 9.80 Å². The largest absolute Gasteiger partial charge is 0.310 e. The van der Waals surface area contributed by atoms with E-state index in [-0.39, 0.29) is 0 Å². The van der Waals surface area contributed by atoms with Crippen molar-refractivity contribution in [1.82, 2.24) is 0 Å². The molecule has 0 aliphatic heterocycles. The first-order valence-corrected chi connectivity index (χ1v) is 17.9. The molecule has 51 heavy (non-hydrogen) atoms. The van der Waals surface area contributed by atoms with Crippen LogP contribution in [0.4, 0.5) is 34.1 Å². The highest BCUT2D eigenvalue weighted by atomic mass is 15.1. The van der Waals surface area contributed by atoms with Crippen LogP contribution in [-0.4, -0.2) is 0 Å².